The van der Waals surface area contributed by atoms with Gasteiger partial charge in [-0.1, -0.05) is 5.10 Å². The molecule has 0 saturated carbocycles. The lowest BCUT2D eigenvalue weighted by Crippen LogP contribution is -2.39. The number of aldehydes is 1. The minimum atomic E-state index is -0.178. The first-order chi connectivity index (χ1) is 8.67. The Morgan fingerprint density at radius 1 is 1.50 bits per heavy atom. The second-order valence-electron chi connectivity index (χ2n) is 4.42. The molecule has 98 valence electrons. The molecule has 1 aromatic rings. The Morgan fingerprint density at radius 2 is 2.22 bits per heavy atom. The van der Waals surface area contributed by atoms with E-state index in [9.17, 15) is 9.59 Å². The highest BCUT2D eigenvalue weighted by atomic mass is 16.4. The van der Waals surface area contributed by atoms with Crippen LogP contribution in [0.15, 0.2) is 4.42 Å². The number of hydrogen-bond donors (Lipinski definition) is 1. The normalized spacial score (nSPS) is 17.6. The zero-order valence-corrected chi connectivity index (χ0v) is 10.3. The number of aromatic nitrogens is 2. The van der Waals surface area contributed by atoms with Gasteiger partial charge in [-0.2, -0.15) is 0 Å². The van der Waals surface area contributed by atoms with Crippen molar-refractivity contribution in [2.75, 3.05) is 25.0 Å². The van der Waals surface area contributed by atoms with E-state index in [2.05, 4.69) is 15.5 Å². The number of carbonyl (C=O) groups excluding carboxylic acids is 2. The molecule has 1 aromatic heterocycles. The number of anilines is 1. The van der Waals surface area contributed by atoms with E-state index in [1.165, 1.54) is 0 Å². The second kappa shape index (κ2) is 5.72. The van der Waals surface area contributed by atoms with Crippen LogP contribution >= 0.6 is 0 Å². The van der Waals surface area contributed by atoms with E-state index in [-0.39, 0.29) is 24.4 Å². The molecule has 18 heavy (non-hydrogen) atoms. The first-order valence-corrected chi connectivity index (χ1v) is 5.95. The van der Waals surface area contributed by atoms with Gasteiger partial charge in [0.15, 0.2) is 0 Å². The minimum Gasteiger partial charge on any atom is -0.408 e. The molecule has 7 heteroatoms. The quantitative estimate of drug-likeness (QED) is 0.771. The van der Waals surface area contributed by atoms with Crippen molar-refractivity contribution in [2.45, 2.75) is 19.8 Å². The van der Waals surface area contributed by atoms with E-state index >= 15 is 0 Å². The van der Waals surface area contributed by atoms with Gasteiger partial charge < -0.3 is 9.21 Å². The molecule has 1 fully saturated rings. The predicted molar refractivity (Wildman–Crippen MR) is 62.9 cm³/mol. The third-order valence-corrected chi connectivity index (χ3v) is 2.96. The molecule has 0 aromatic carbocycles. The van der Waals surface area contributed by atoms with Gasteiger partial charge in [-0.15, -0.1) is 5.10 Å². The number of nitrogens with one attached hydrogen (secondary N) is 1. The van der Waals surface area contributed by atoms with E-state index in [0.717, 1.165) is 32.2 Å². The Kier molecular flexibility index (Phi) is 4.03. The van der Waals surface area contributed by atoms with Crippen LogP contribution < -0.4 is 5.32 Å². The summed E-state index contributed by atoms with van der Waals surface area (Å²) in [4.78, 5) is 24.3. The molecule has 1 aliphatic rings. The lowest BCUT2D eigenvalue weighted by atomic mass is 9.99. The molecule has 2 rings (SSSR count). The van der Waals surface area contributed by atoms with E-state index < -0.39 is 0 Å². The van der Waals surface area contributed by atoms with Crippen LogP contribution in [-0.4, -0.2) is 46.9 Å². The molecule has 2 heterocycles. The smallest absolute Gasteiger partial charge is 0.322 e. The lowest BCUT2D eigenvalue weighted by Gasteiger charge is -2.28. The number of nitrogens with zero attached hydrogens (tertiary/aromatic N) is 3. The highest BCUT2D eigenvalue weighted by Gasteiger charge is 2.20. The van der Waals surface area contributed by atoms with Gasteiger partial charge >= 0.3 is 6.01 Å². The van der Waals surface area contributed by atoms with Gasteiger partial charge in [0.05, 0.1) is 6.54 Å². The minimum absolute atomic E-state index is 0.125. The number of rotatable bonds is 4. The van der Waals surface area contributed by atoms with Crippen LogP contribution in [0.25, 0.3) is 0 Å². The third kappa shape index (κ3) is 3.36. The summed E-state index contributed by atoms with van der Waals surface area (Å²) in [5.41, 5.74) is 0. The monoisotopic (exact) mass is 252 g/mol. The molecular weight excluding hydrogens is 236 g/mol. The standard InChI is InChI=1S/C11H16N4O3/c1-8-13-14-11(18-8)12-10(17)6-15-4-2-9(7-16)3-5-15/h7,9H,2-6H2,1H3,(H,12,14,17). The predicted octanol–water partition coefficient (Wildman–Crippen LogP) is 0.227. The largest absolute Gasteiger partial charge is 0.408 e. The Labute approximate surface area is 105 Å². The lowest BCUT2D eigenvalue weighted by molar-refractivity contribution is -0.118. The van der Waals surface area contributed by atoms with Crippen molar-refractivity contribution in [3.05, 3.63) is 5.89 Å². The number of piperidine rings is 1. The van der Waals surface area contributed by atoms with Crippen molar-refractivity contribution in [1.29, 1.82) is 0 Å². The fourth-order valence-electron chi connectivity index (χ4n) is 1.96. The summed E-state index contributed by atoms with van der Waals surface area (Å²) in [6.07, 6.45) is 2.63. The number of hydrogen-bond acceptors (Lipinski definition) is 6. The van der Waals surface area contributed by atoms with Gasteiger partial charge in [0.1, 0.15) is 6.29 Å². The molecule has 0 unspecified atom stereocenters. The highest BCUT2D eigenvalue weighted by molar-refractivity contribution is 5.90. The van der Waals surface area contributed by atoms with Crippen molar-refractivity contribution in [1.82, 2.24) is 15.1 Å². The summed E-state index contributed by atoms with van der Waals surface area (Å²) in [7, 11) is 0. The first-order valence-electron chi connectivity index (χ1n) is 5.95. The summed E-state index contributed by atoms with van der Waals surface area (Å²) in [6.45, 7) is 3.47. The van der Waals surface area contributed by atoms with Gasteiger partial charge in [0.25, 0.3) is 0 Å². The average molecular weight is 252 g/mol. The molecule has 1 amide bonds. The third-order valence-electron chi connectivity index (χ3n) is 2.96. The maximum atomic E-state index is 11.7. The topological polar surface area (TPSA) is 88.3 Å². The van der Waals surface area contributed by atoms with Gasteiger partial charge in [-0.25, -0.2) is 0 Å². The summed E-state index contributed by atoms with van der Waals surface area (Å²) in [5, 5.41) is 9.86. The maximum absolute atomic E-state index is 11.7. The zero-order chi connectivity index (χ0) is 13.0. The summed E-state index contributed by atoms with van der Waals surface area (Å²) < 4.78 is 5.06. The van der Waals surface area contributed by atoms with Crippen LogP contribution in [0.1, 0.15) is 18.7 Å². The summed E-state index contributed by atoms with van der Waals surface area (Å²) >= 11 is 0. The van der Waals surface area contributed by atoms with E-state index in [0.29, 0.717) is 5.89 Å². The molecule has 1 saturated heterocycles. The van der Waals surface area contributed by atoms with Crippen LogP contribution in [0.2, 0.25) is 0 Å². The van der Waals surface area contributed by atoms with E-state index in [4.69, 9.17) is 4.42 Å². The van der Waals surface area contributed by atoms with E-state index in [1.807, 2.05) is 4.90 Å². The molecule has 0 spiro atoms. The maximum Gasteiger partial charge on any atom is 0.322 e. The number of aryl methyl sites for hydroxylation is 1. The molecule has 0 atom stereocenters. The second-order valence-corrected chi connectivity index (χ2v) is 4.42. The average Bonchev–Trinajstić information content (AvgIpc) is 2.75. The Morgan fingerprint density at radius 3 is 2.78 bits per heavy atom. The number of amides is 1. The SMILES string of the molecule is Cc1nnc(NC(=O)CN2CCC(C=O)CC2)o1. The molecule has 1 aliphatic heterocycles. The van der Waals surface area contributed by atoms with Crippen molar-refractivity contribution < 1.29 is 14.0 Å². The van der Waals surface area contributed by atoms with Crippen LogP contribution in [0, 0.1) is 12.8 Å². The zero-order valence-electron chi connectivity index (χ0n) is 10.3. The molecule has 7 nitrogen and oxygen atoms in total. The molecule has 0 radical (unpaired) electrons. The fourth-order valence-corrected chi connectivity index (χ4v) is 1.96. The van der Waals surface area contributed by atoms with Gasteiger partial charge in [-0.05, 0) is 25.9 Å². The molecular formula is C11H16N4O3. The summed E-state index contributed by atoms with van der Waals surface area (Å²) in [6, 6.07) is 0.125. The van der Waals surface area contributed by atoms with Crippen molar-refractivity contribution in [3.8, 4) is 0 Å². The number of carbonyl (C=O) groups is 2. The molecule has 0 bridgehead atoms. The van der Waals surface area contributed by atoms with Crippen molar-refractivity contribution in [3.63, 3.8) is 0 Å². The Balaban J connectivity index is 1.76. The van der Waals surface area contributed by atoms with Gasteiger partial charge in [0, 0.05) is 12.8 Å². The van der Waals surface area contributed by atoms with Crippen LogP contribution in [-0.2, 0) is 9.59 Å². The molecule has 0 aliphatic carbocycles. The van der Waals surface area contributed by atoms with E-state index in [1.54, 1.807) is 6.92 Å². The Bertz CT molecular complexity index is 424. The highest BCUT2D eigenvalue weighted by Crippen LogP contribution is 2.14. The van der Waals surface area contributed by atoms with Crippen LogP contribution in [0.3, 0.4) is 0 Å². The summed E-state index contributed by atoms with van der Waals surface area (Å²) in [5.74, 6) is 0.378. The molecule has 1 N–H and O–H groups in total. The van der Waals surface area contributed by atoms with Crippen molar-refractivity contribution >= 4 is 18.2 Å². The van der Waals surface area contributed by atoms with Crippen LogP contribution in [0.4, 0.5) is 6.01 Å². The van der Waals surface area contributed by atoms with Gasteiger partial charge in [0.2, 0.25) is 11.8 Å². The Hall–Kier alpha value is -1.76. The van der Waals surface area contributed by atoms with Crippen molar-refractivity contribution in [2.24, 2.45) is 5.92 Å². The fraction of sp³-hybridized carbons (Fsp3) is 0.636. The van der Waals surface area contributed by atoms with Gasteiger partial charge in [-0.3, -0.25) is 15.0 Å². The first kappa shape index (κ1) is 12.7. The number of likely N-dealkylation sites (tertiary alicyclic amines) is 1. The van der Waals surface area contributed by atoms with Crippen LogP contribution in [0.5, 0.6) is 0 Å².